The minimum Gasteiger partial charge on any atom is -0.319 e. The average Bonchev–Trinajstić information content (AvgIpc) is 2.91. The molecule has 0 N–H and O–H groups in total. The molecule has 1 aromatic heterocycles. The third-order valence-corrected chi connectivity index (χ3v) is 6.80. The van der Waals surface area contributed by atoms with Gasteiger partial charge in [0.2, 0.25) is 5.91 Å². The number of hydrogen-bond acceptors (Lipinski definition) is 4. The zero-order valence-electron chi connectivity index (χ0n) is 14.7. The van der Waals surface area contributed by atoms with Gasteiger partial charge in [-0.25, -0.2) is 8.42 Å². The number of para-hydroxylation sites is 1. The number of thiazole rings is 1. The highest BCUT2D eigenvalue weighted by Crippen LogP contribution is 2.19. The van der Waals surface area contributed by atoms with Crippen LogP contribution in [0.2, 0.25) is 0 Å². The third kappa shape index (κ3) is 4.28. The molecular weight excluding hydrogens is 368 g/mol. The Labute approximate surface area is 156 Å². The number of sulfone groups is 1. The highest BCUT2D eigenvalue weighted by molar-refractivity contribution is 7.90. The maximum atomic E-state index is 12.2. The van der Waals surface area contributed by atoms with Gasteiger partial charge in [0.15, 0.2) is 14.6 Å². The van der Waals surface area contributed by atoms with Gasteiger partial charge >= 0.3 is 0 Å². The molecule has 7 heteroatoms. The number of aromatic nitrogens is 1. The zero-order valence-corrected chi connectivity index (χ0v) is 16.3. The van der Waals surface area contributed by atoms with Gasteiger partial charge in [0.25, 0.3) is 0 Å². The van der Waals surface area contributed by atoms with Crippen LogP contribution in [0.25, 0.3) is 10.2 Å². The molecule has 0 bridgehead atoms. The van der Waals surface area contributed by atoms with Crippen LogP contribution in [0.3, 0.4) is 0 Å². The minimum absolute atomic E-state index is 0.0586. The summed E-state index contributed by atoms with van der Waals surface area (Å²) in [6.07, 6.45) is -0.109. The molecule has 5 nitrogen and oxygen atoms in total. The lowest BCUT2D eigenvalue weighted by Crippen LogP contribution is -2.16. The Balaban J connectivity index is 1.74. The largest absolute Gasteiger partial charge is 0.319 e. The van der Waals surface area contributed by atoms with Crippen molar-refractivity contribution < 1.29 is 13.2 Å². The zero-order chi connectivity index (χ0) is 18.7. The minimum atomic E-state index is -3.35. The van der Waals surface area contributed by atoms with Crippen LogP contribution in [0.4, 0.5) is 0 Å². The number of rotatable bonds is 5. The van der Waals surface area contributed by atoms with E-state index >= 15 is 0 Å². The van der Waals surface area contributed by atoms with Crippen molar-refractivity contribution in [3.05, 3.63) is 64.5 Å². The molecule has 1 heterocycles. The van der Waals surface area contributed by atoms with Gasteiger partial charge in [0.05, 0.1) is 21.7 Å². The fourth-order valence-electron chi connectivity index (χ4n) is 2.81. The summed E-state index contributed by atoms with van der Waals surface area (Å²) in [7, 11) is -1.48. The van der Waals surface area contributed by atoms with Gasteiger partial charge in [0.1, 0.15) is 0 Å². The van der Waals surface area contributed by atoms with Crippen LogP contribution in [0.1, 0.15) is 17.5 Å². The molecular formula is C19H20N2O3S2. The molecule has 1 amide bonds. The number of fused-ring (bicyclic) bond motifs is 1. The maximum absolute atomic E-state index is 12.2. The Hall–Kier alpha value is -2.25. The predicted octanol–water partition coefficient (Wildman–Crippen LogP) is 2.98. The molecule has 0 saturated heterocycles. The third-order valence-electron chi connectivity index (χ3n) is 4.10. The molecule has 136 valence electrons. The number of benzene rings is 2. The van der Waals surface area contributed by atoms with E-state index in [-0.39, 0.29) is 17.9 Å². The molecule has 0 aliphatic heterocycles. The second kappa shape index (κ2) is 7.55. The summed E-state index contributed by atoms with van der Waals surface area (Å²) in [5.41, 5.74) is 2.88. The van der Waals surface area contributed by atoms with E-state index < -0.39 is 15.7 Å². The summed E-state index contributed by atoms with van der Waals surface area (Å²) < 4.78 is 27.4. The van der Waals surface area contributed by atoms with Crippen LogP contribution in [-0.4, -0.2) is 24.6 Å². The van der Waals surface area contributed by atoms with Gasteiger partial charge in [-0.3, -0.25) is 4.79 Å². The van der Waals surface area contributed by atoms with Gasteiger partial charge in [-0.05, 0) is 24.1 Å². The van der Waals surface area contributed by atoms with E-state index in [2.05, 4.69) is 4.99 Å². The van der Waals surface area contributed by atoms with E-state index in [1.165, 1.54) is 11.3 Å². The summed E-state index contributed by atoms with van der Waals surface area (Å²) in [4.78, 5) is 16.9. The SMILES string of the molecule is Cc1cccc2sc(=NC(=O)CCS(=O)(=O)Cc3ccccc3)n(C)c12. The quantitative estimate of drug-likeness (QED) is 0.675. The first-order valence-corrected chi connectivity index (χ1v) is 10.9. The van der Waals surface area contributed by atoms with Gasteiger partial charge < -0.3 is 4.57 Å². The Bertz CT molecular complexity index is 1110. The summed E-state index contributed by atoms with van der Waals surface area (Å²) in [6, 6.07) is 14.9. The summed E-state index contributed by atoms with van der Waals surface area (Å²) in [5, 5.41) is 0. The maximum Gasteiger partial charge on any atom is 0.249 e. The number of hydrogen-bond donors (Lipinski definition) is 0. The topological polar surface area (TPSA) is 68.5 Å². The molecule has 0 aliphatic carbocycles. The van der Waals surface area contributed by atoms with Crippen molar-refractivity contribution in [2.45, 2.75) is 19.1 Å². The average molecular weight is 389 g/mol. The van der Waals surface area contributed by atoms with Crippen molar-refractivity contribution >= 4 is 37.3 Å². The fraction of sp³-hybridized carbons (Fsp3) is 0.263. The smallest absolute Gasteiger partial charge is 0.249 e. The fourth-order valence-corrected chi connectivity index (χ4v) is 5.25. The standard InChI is InChI=1S/C19H20N2O3S2/c1-14-7-6-10-16-18(14)21(2)19(25-16)20-17(22)11-12-26(23,24)13-15-8-4-3-5-9-15/h3-10H,11-13H2,1-2H3. The lowest BCUT2D eigenvalue weighted by molar-refractivity contribution is -0.117. The summed E-state index contributed by atoms with van der Waals surface area (Å²) in [5.74, 6) is -0.670. The first-order chi connectivity index (χ1) is 12.4. The van der Waals surface area contributed by atoms with Gasteiger partial charge in [-0.2, -0.15) is 4.99 Å². The van der Waals surface area contributed by atoms with Crippen LogP contribution in [0.15, 0.2) is 53.5 Å². The molecule has 3 aromatic rings. The highest BCUT2D eigenvalue weighted by Gasteiger charge is 2.15. The molecule has 26 heavy (non-hydrogen) atoms. The van der Waals surface area contributed by atoms with Crippen LogP contribution in [0, 0.1) is 6.92 Å². The normalized spacial score (nSPS) is 12.6. The molecule has 3 rings (SSSR count). The van der Waals surface area contributed by atoms with E-state index in [9.17, 15) is 13.2 Å². The molecule has 0 unspecified atom stereocenters. The number of aryl methyl sites for hydroxylation is 2. The van der Waals surface area contributed by atoms with E-state index in [4.69, 9.17) is 0 Å². The Morgan fingerprint density at radius 2 is 1.85 bits per heavy atom. The molecule has 0 fully saturated rings. The van der Waals surface area contributed by atoms with Crippen LogP contribution >= 0.6 is 11.3 Å². The molecule has 0 aliphatic rings. The molecule has 0 spiro atoms. The second-order valence-electron chi connectivity index (χ2n) is 6.20. The van der Waals surface area contributed by atoms with Gasteiger partial charge in [0, 0.05) is 13.5 Å². The van der Waals surface area contributed by atoms with E-state index in [1.54, 1.807) is 24.3 Å². The van der Waals surface area contributed by atoms with Crippen LogP contribution < -0.4 is 4.80 Å². The highest BCUT2D eigenvalue weighted by atomic mass is 32.2. The van der Waals surface area contributed by atoms with Crippen molar-refractivity contribution in [2.24, 2.45) is 12.0 Å². The molecule has 0 radical (unpaired) electrons. The molecule has 0 saturated carbocycles. The first kappa shape index (κ1) is 18.5. The van der Waals surface area contributed by atoms with E-state index in [0.717, 1.165) is 21.3 Å². The van der Waals surface area contributed by atoms with Crippen molar-refractivity contribution in [1.29, 1.82) is 0 Å². The van der Waals surface area contributed by atoms with Crippen molar-refractivity contribution in [1.82, 2.24) is 4.57 Å². The number of carbonyl (C=O) groups excluding carboxylic acids is 1. The van der Waals surface area contributed by atoms with Crippen molar-refractivity contribution in [2.75, 3.05) is 5.75 Å². The van der Waals surface area contributed by atoms with Crippen LogP contribution in [-0.2, 0) is 27.4 Å². The van der Waals surface area contributed by atoms with Crippen molar-refractivity contribution in [3.63, 3.8) is 0 Å². The Morgan fingerprint density at radius 1 is 1.12 bits per heavy atom. The Kier molecular flexibility index (Phi) is 5.38. The number of carbonyl (C=O) groups is 1. The number of amides is 1. The van der Waals surface area contributed by atoms with Crippen molar-refractivity contribution in [3.8, 4) is 0 Å². The second-order valence-corrected chi connectivity index (χ2v) is 9.39. The summed E-state index contributed by atoms with van der Waals surface area (Å²) >= 11 is 1.43. The van der Waals surface area contributed by atoms with Gasteiger partial charge in [-0.15, -0.1) is 0 Å². The monoisotopic (exact) mass is 388 g/mol. The Morgan fingerprint density at radius 3 is 2.54 bits per heavy atom. The van der Waals surface area contributed by atoms with E-state index in [0.29, 0.717) is 4.80 Å². The van der Waals surface area contributed by atoms with Crippen LogP contribution in [0.5, 0.6) is 0 Å². The molecule has 0 atom stereocenters. The lowest BCUT2D eigenvalue weighted by atomic mass is 10.2. The van der Waals surface area contributed by atoms with Gasteiger partial charge in [-0.1, -0.05) is 53.8 Å². The first-order valence-electron chi connectivity index (χ1n) is 8.23. The number of nitrogens with zero attached hydrogens (tertiary/aromatic N) is 2. The predicted molar refractivity (Wildman–Crippen MR) is 105 cm³/mol. The van der Waals surface area contributed by atoms with E-state index in [1.807, 2.05) is 42.8 Å². The summed E-state index contributed by atoms with van der Waals surface area (Å²) in [6.45, 7) is 2.01. The lowest BCUT2D eigenvalue weighted by Gasteiger charge is -2.03. The molecule has 2 aromatic carbocycles.